The van der Waals surface area contributed by atoms with Gasteiger partial charge >= 0.3 is 18.1 Å². The first-order chi connectivity index (χ1) is 6.55. The number of carbonyl (C=O) groups is 2. The zero-order chi connectivity index (χ0) is 12.1. The molecule has 15 heavy (non-hydrogen) atoms. The molecule has 0 amide bonds. The summed E-state index contributed by atoms with van der Waals surface area (Å²) in [7, 11) is 0. The summed E-state index contributed by atoms with van der Waals surface area (Å²) in [5, 5.41) is 25.9. The molecular formula is C7H7F3O5. The number of carboxylic acids is 2. The number of alkyl halides is 3. The highest BCUT2D eigenvalue weighted by Gasteiger charge is 2.73. The highest BCUT2D eigenvalue weighted by Crippen LogP contribution is 2.55. The molecule has 0 bridgehead atoms. The molecule has 1 rings (SSSR count). The summed E-state index contributed by atoms with van der Waals surface area (Å²) >= 11 is 0. The molecule has 8 heteroatoms. The third-order valence-electron chi connectivity index (χ3n) is 2.53. The van der Waals surface area contributed by atoms with Crippen molar-refractivity contribution in [3.05, 3.63) is 0 Å². The smallest absolute Gasteiger partial charge is 0.417 e. The first-order valence-electron chi connectivity index (χ1n) is 3.81. The van der Waals surface area contributed by atoms with Gasteiger partial charge in [0.05, 0.1) is 0 Å². The second kappa shape index (κ2) is 2.84. The van der Waals surface area contributed by atoms with Crippen LogP contribution < -0.4 is 0 Å². The minimum Gasteiger partial charge on any atom is -0.480 e. The molecule has 0 aromatic rings. The molecule has 1 aliphatic rings. The van der Waals surface area contributed by atoms with Gasteiger partial charge in [-0.1, -0.05) is 0 Å². The Morgan fingerprint density at radius 1 is 1.07 bits per heavy atom. The fourth-order valence-electron chi connectivity index (χ4n) is 1.54. The third kappa shape index (κ3) is 1.44. The number of aliphatic carboxylic acids is 2. The Hall–Kier alpha value is -1.31. The van der Waals surface area contributed by atoms with Crippen molar-refractivity contribution in [3.8, 4) is 0 Å². The van der Waals surface area contributed by atoms with Crippen LogP contribution in [-0.4, -0.2) is 39.0 Å². The van der Waals surface area contributed by atoms with Gasteiger partial charge in [0.1, 0.15) is 0 Å². The maximum absolute atomic E-state index is 12.1. The van der Waals surface area contributed by atoms with E-state index >= 15 is 0 Å². The van der Waals surface area contributed by atoms with Gasteiger partial charge in [0.2, 0.25) is 0 Å². The lowest BCUT2D eigenvalue weighted by molar-refractivity contribution is -0.311. The SMILES string of the molecule is O=C(O)C1(C(=O)O)CC(O)(C(F)(F)F)C1. The zero-order valence-electron chi connectivity index (χ0n) is 7.21. The van der Waals surface area contributed by atoms with Gasteiger partial charge in [-0.25, -0.2) is 0 Å². The van der Waals surface area contributed by atoms with Crippen LogP contribution >= 0.6 is 0 Å². The van der Waals surface area contributed by atoms with E-state index in [4.69, 9.17) is 15.3 Å². The van der Waals surface area contributed by atoms with E-state index in [1.807, 2.05) is 0 Å². The van der Waals surface area contributed by atoms with Crippen molar-refractivity contribution in [3.63, 3.8) is 0 Å². The molecular weight excluding hydrogens is 221 g/mol. The van der Waals surface area contributed by atoms with Crippen LogP contribution in [0, 0.1) is 5.41 Å². The number of hydrogen-bond donors (Lipinski definition) is 3. The van der Waals surface area contributed by atoms with Crippen LogP contribution in [-0.2, 0) is 9.59 Å². The lowest BCUT2D eigenvalue weighted by Crippen LogP contribution is -2.65. The van der Waals surface area contributed by atoms with Gasteiger partial charge in [-0.3, -0.25) is 9.59 Å². The van der Waals surface area contributed by atoms with Crippen molar-refractivity contribution in [2.24, 2.45) is 5.41 Å². The van der Waals surface area contributed by atoms with Crippen molar-refractivity contribution < 1.29 is 38.1 Å². The van der Waals surface area contributed by atoms with Crippen LogP contribution in [0.4, 0.5) is 13.2 Å². The topological polar surface area (TPSA) is 94.8 Å². The largest absolute Gasteiger partial charge is 0.480 e. The molecule has 0 spiro atoms. The quantitative estimate of drug-likeness (QED) is 0.588. The van der Waals surface area contributed by atoms with E-state index in [0.717, 1.165) is 0 Å². The summed E-state index contributed by atoms with van der Waals surface area (Å²) in [5.74, 6) is -3.74. The van der Waals surface area contributed by atoms with Crippen molar-refractivity contribution in [1.29, 1.82) is 0 Å². The maximum Gasteiger partial charge on any atom is 0.417 e. The van der Waals surface area contributed by atoms with Crippen molar-refractivity contribution in [1.82, 2.24) is 0 Å². The average molecular weight is 228 g/mol. The lowest BCUT2D eigenvalue weighted by atomic mass is 9.58. The van der Waals surface area contributed by atoms with E-state index in [1.54, 1.807) is 0 Å². The second-order valence-corrected chi connectivity index (χ2v) is 3.58. The monoisotopic (exact) mass is 228 g/mol. The highest BCUT2D eigenvalue weighted by molar-refractivity contribution is 5.99. The summed E-state index contributed by atoms with van der Waals surface area (Å²) in [6.07, 6.45) is -7.72. The van der Waals surface area contributed by atoms with Gasteiger partial charge in [0.25, 0.3) is 0 Å². The van der Waals surface area contributed by atoms with E-state index in [0.29, 0.717) is 0 Å². The third-order valence-corrected chi connectivity index (χ3v) is 2.53. The van der Waals surface area contributed by atoms with Crippen molar-refractivity contribution >= 4 is 11.9 Å². The predicted octanol–water partition coefficient (Wildman–Crippen LogP) is 0.229. The normalized spacial score (nSPS) is 22.9. The molecule has 0 unspecified atom stereocenters. The summed E-state index contributed by atoms with van der Waals surface area (Å²) in [6.45, 7) is 0. The first kappa shape index (κ1) is 11.8. The zero-order valence-corrected chi connectivity index (χ0v) is 7.21. The highest BCUT2D eigenvalue weighted by atomic mass is 19.4. The molecule has 0 aliphatic heterocycles. The van der Waals surface area contributed by atoms with Crippen LogP contribution in [0.3, 0.4) is 0 Å². The molecule has 5 nitrogen and oxygen atoms in total. The summed E-state index contributed by atoms with van der Waals surface area (Å²) in [4.78, 5) is 21.0. The van der Waals surface area contributed by atoms with Gasteiger partial charge in [0.15, 0.2) is 11.0 Å². The van der Waals surface area contributed by atoms with E-state index in [-0.39, 0.29) is 0 Å². The minimum absolute atomic E-state index is 1.35. The fraction of sp³-hybridized carbons (Fsp3) is 0.714. The number of halogens is 3. The minimum atomic E-state index is -5.01. The number of aliphatic hydroxyl groups is 1. The lowest BCUT2D eigenvalue weighted by Gasteiger charge is -2.48. The second-order valence-electron chi connectivity index (χ2n) is 3.58. The number of carboxylic acid groups (broad SMARTS) is 2. The van der Waals surface area contributed by atoms with Crippen LogP contribution in [0.1, 0.15) is 12.8 Å². The molecule has 3 N–H and O–H groups in total. The summed E-state index contributed by atoms with van der Waals surface area (Å²) < 4.78 is 36.4. The maximum atomic E-state index is 12.1. The van der Waals surface area contributed by atoms with E-state index in [2.05, 4.69) is 0 Å². The molecule has 1 fully saturated rings. The Labute approximate surface area is 81.1 Å². The van der Waals surface area contributed by atoms with Crippen LogP contribution in [0.2, 0.25) is 0 Å². The molecule has 1 aliphatic carbocycles. The van der Waals surface area contributed by atoms with Crippen molar-refractivity contribution in [2.75, 3.05) is 0 Å². The van der Waals surface area contributed by atoms with Gasteiger partial charge in [-0.05, 0) is 0 Å². The molecule has 0 radical (unpaired) electrons. The van der Waals surface area contributed by atoms with E-state index < -0.39 is 42.0 Å². The average Bonchev–Trinajstić information content (AvgIpc) is 1.94. The first-order valence-corrected chi connectivity index (χ1v) is 3.81. The molecule has 0 aromatic carbocycles. The van der Waals surface area contributed by atoms with Gasteiger partial charge < -0.3 is 15.3 Å². The Bertz CT molecular complexity index is 299. The van der Waals surface area contributed by atoms with Crippen LogP contribution in [0.5, 0.6) is 0 Å². The van der Waals surface area contributed by atoms with Crippen molar-refractivity contribution in [2.45, 2.75) is 24.6 Å². The fourth-order valence-corrected chi connectivity index (χ4v) is 1.54. The standard InChI is InChI=1S/C7H7F3O5/c8-7(9,10)6(15)1-5(2-6,3(11)12)4(13)14/h15H,1-2H2,(H,11,12)(H,13,14). The molecule has 0 heterocycles. The van der Waals surface area contributed by atoms with Gasteiger partial charge in [-0.2, -0.15) is 13.2 Å². The number of rotatable bonds is 2. The number of hydrogen-bond acceptors (Lipinski definition) is 3. The molecule has 0 atom stereocenters. The Balaban J connectivity index is 2.92. The molecule has 86 valence electrons. The molecule has 1 saturated carbocycles. The predicted molar refractivity (Wildman–Crippen MR) is 37.9 cm³/mol. The summed E-state index contributed by atoms with van der Waals surface area (Å²) in [6, 6.07) is 0. The Kier molecular flexibility index (Phi) is 2.23. The van der Waals surface area contributed by atoms with E-state index in [1.165, 1.54) is 0 Å². The molecule has 0 aromatic heterocycles. The van der Waals surface area contributed by atoms with Gasteiger partial charge in [0, 0.05) is 12.8 Å². The van der Waals surface area contributed by atoms with E-state index in [9.17, 15) is 22.8 Å². The van der Waals surface area contributed by atoms with Gasteiger partial charge in [-0.15, -0.1) is 0 Å². The summed E-state index contributed by atoms with van der Waals surface area (Å²) in [5.41, 5.74) is -5.73. The van der Waals surface area contributed by atoms with Crippen LogP contribution in [0.15, 0.2) is 0 Å². The van der Waals surface area contributed by atoms with Crippen LogP contribution in [0.25, 0.3) is 0 Å². The Morgan fingerprint density at radius 2 is 1.40 bits per heavy atom. The Morgan fingerprint density at radius 3 is 1.60 bits per heavy atom. The molecule has 0 saturated heterocycles.